The third kappa shape index (κ3) is 3.36. The van der Waals surface area contributed by atoms with Crippen LogP contribution in [0.1, 0.15) is 69.0 Å². The van der Waals surface area contributed by atoms with Gasteiger partial charge < -0.3 is 15.2 Å². The lowest BCUT2D eigenvalue weighted by molar-refractivity contribution is 0.0911. The molecule has 2 unspecified atom stereocenters. The average molecular weight is 280 g/mol. The number of nitrogens with zero attached hydrogens (tertiary/aromatic N) is 2. The fraction of sp³-hybridized carbons (Fsp3) is 0.786. The quantitative estimate of drug-likeness (QED) is 0.833. The van der Waals surface area contributed by atoms with Gasteiger partial charge in [0.1, 0.15) is 0 Å². The van der Waals surface area contributed by atoms with Crippen LogP contribution in [0.3, 0.4) is 0 Å². The summed E-state index contributed by atoms with van der Waals surface area (Å²) in [5, 5.41) is 10.0. The minimum atomic E-state index is -0.252. The van der Waals surface area contributed by atoms with Crippen LogP contribution >= 0.6 is 0 Å². The molecule has 1 amide bonds. The Morgan fingerprint density at radius 3 is 2.85 bits per heavy atom. The molecule has 1 fully saturated rings. The van der Waals surface area contributed by atoms with Gasteiger partial charge in [0.25, 0.3) is 11.7 Å². The van der Waals surface area contributed by atoms with Gasteiger partial charge in [0.2, 0.25) is 5.89 Å². The maximum Gasteiger partial charge on any atom is 0.292 e. The molecule has 2 atom stereocenters. The van der Waals surface area contributed by atoms with Gasteiger partial charge >= 0.3 is 0 Å². The number of aromatic nitrogens is 2. The van der Waals surface area contributed by atoms with Crippen LogP contribution in [0.25, 0.3) is 0 Å². The summed E-state index contributed by atoms with van der Waals surface area (Å²) < 4.78 is 5.18. The van der Waals surface area contributed by atoms with Crippen molar-refractivity contribution in [2.75, 3.05) is 6.54 Å². The number of hydrogen-bond acceptors (Lipinski definition) is 5. The lowest BCUT2D eigenvalue weighted by Gasteiger charge is -2.21. The van der Waals surface area contributed by atoms with Gasteiger partial charge in [-0.15, -0.1) is 0 Å². The van der Waals surface area contributed by atoms with Gasteiger partial charge in [-0.3, -0.25) is 4.79 Å². The summed E-state index contributed by atoms with van der Waals surface area (Å²) in [6.45, 7) is 7.25. The predicted molar refractivity (Wildman–Crippen MR) is 75.3 cm³/mol. The average Bonchev–Trinajstić information content (AvgIpc) is 3.11. The molecular formula is C14H24N4O2. The largest absolute Gasteiger partial charge is 0.346 e. The lowest BCUT2D eigenvalue weighted by Crippen LogP contribution is -2.38. The van der Waals surface area contributed by atoms with Crippen molar-refractivity contribution in [3.63, 3.8) is 0 Å². The van der Waals surface area contributed by atoms with E-state index in [0.29, 0.717) is 11.8 Å². The summed E-state index contributed by atoms with van der Waals surface area (Å²) in [5.41, 5.74) is 0. The Bertz CT molecular complexity index is 436. The molecule has 0 bridgehead atoms. The van der Waals surface area contributed by atoms with Gasteiger partial charge in [-0.25, -0.2) is 0 Å². The molecule has 0 aliphatic carbocycles. The van der Waals surface area contributed by atoms with Crippen LogP contribution in [-0.2, 0) is 0 Å². The van der Waals surface area contributed by atoms with Gasteiger partial charge in [-0.2, -0.15) is 4.98 Å². The summed E-state index contributed by atoms with van der Waals surface area (Å²) >= 11 is 0. The smallest absolute Gasteiger partial charge is 0.292 e. The van der Waals surface area contributed by atoms with E-state index in [4.69, 9.17) is 4.52 Å². The number of carbonyl (C=O) groups excluding carboxylic acids is 1. The Hall–Kier alpha value is -1.43. The van der Waals surface area contributed by atoms with Crippen molar-refractivity contribution in [1.82, 2.24) is 20.8 Å². The normalized spacial score (nSPS) is 20.3. The van der Waals surface area contributed by atoms with Crippen LogP contribution in [0.5, 0.6) is 0 Å². The first-order valence-electron chi connectivity index (χ1n) is 7.53. The molecule has 0 spiro atoms. The molecule has 1 aliphatic heterocycles. The van der Waals surface area contributed by atoms with E-state index >= 15 is 0 Å². The molecule has 0 saturated carbocycles. The first kappa shape index (κ1) is 15.0. The summed E-state index contributed by atoms with van der Waals surface area (Å²) in [6, 6.07) is 0.213. The van der Waals surface area contributed by atoms with E-state index in [1.165, 1.54) is 0 Å². The number of carbonyl (C=O) groups is 1. The maximum atomic E-state index is 12.1. The highest BCUT2D eigenvalue weighted by Crippen LogP contribution is 2.21. The predicted octanol–water partition coefficient (Wildman–Crippen LogP) is 2.05. The van der Waals surface area contributed by atoms with E-state index in [1.54, 1.807) is 0 Å². The Labute approximate surface area is 119 Å². The van der Waals surface area contributed by atoms with E-state index in [0.717, 1.165) is 32.2 Å². The van der Waals surface area contributed by atoms with Crippen LogP contribution < -0.4 is 10.6 Å². The molecule has 1 aromatic rings. The third-order valence-electron chi connectivity index (χ3n) is 4.12. The second kappa shape index (κ2) is 6.83. The van der Waals surface area contributed by atoms with Crippen LogP contribution in [0.15, 0.2) is 4.52 Å². The van der Waals surface area contributed by atoms with Crippen LogP contribution in [0, 0.1) is 5.92 Å². The van der Waals surface area contributed by atoms with Crippen LogP contribution in [0.4, 0.5) is 0 Å². The van der Waals surface area contributed by atoms with E-state index in [9.17, 15) is 4.79 Å². The fourth-order valence-electron chi connectivity index (χ4n) is 2.75. The molecule has 2 heterocycles. The minimum absolute atomic E-state index is 0.0977. The summed E-state index contributed by atoms with van der Waals surface area (Å²) in [6.07, 6.45) is 4.16. The van der Waals surface area contributed by atoms with Crippen molar-refractivity contribution in [2.24, 2.45) is 5.92 Å². The highest BCUT2D eigenvalue weighted by molar-refractivity contribution is 5.90. The van der Waals surface area contributed by atoms with Crippen molar-refractivity contribution in [3.8, 4) is 0 Å². The van der Waals surface area contributed by atoms with Crippen molar-refractivity contribution in [2.45, 2.75) is 58.5 Å². The molecule has 0 aromatic carbocycles. The molecule has 1 aliphatic rings. The minimum Gasteiger partial charge on any atom is -0.346 e. The Morgan fingerprint density at radius 1 is 1.50 bits per heavy atom. The Morgan fingerprint density at radius 2 is 2.25 bits per heavy atom. The second-order valence-electron chi connectivity index (χ2n) is 5.44. The zero-order chi connectivity index (χ0) is 14.5. The summed E-state index contributed by atoms with van der Waals surface area (Å²) in [5.74, 6) is 0.869. The second-order valence-corrected chi connectivity index (χ2v) is 5.44. The number of nitrogens with one attached hydrogen (secondary N) is 2. The highest BCUT2D eigenvalue weighted by atomic mass is 16.5. The monoisotopic (exact) mass is 280 g/mol. The van der Waals surface area contributed by atoms with Gasteiger partial charge in [0, 0.05) is 6.04 Å². The van der Waals surface area contributed by atoms with Gasteiger partial charge in [0.05, 0.1) is 6.04 Å². The molecule has 6 nitrogen and oxygen atoms in total. The van der Waals surface area contributed by atoms with Crippen molar-refractivity contribution in [3.05, 3.63) is 11.7 Å². The molecule has 6 heteroatoms. The van der Waals surface area contributed by atoms with Crippen molar-refractivity contribution in [1.29, 1.82) is 0 Å². The number of amides is 1. The molecule has 112 valence electrons. The zero-order valence-electron chi connectivity index (χ0n) is 12.5. The SMILES string of the molecule is CCC(CC)C(C)NC(=O)c1noc(C2CCCN2)n1. The Kier molecular flexibility index (Phi) is 5.11. The summed E-state index contributed by atoms with van der Waals surface area (Å²) in [7, 11) is 0. The first-order valence-corrected chi connectivity index (χ1v) is 7.53. The topological polar surface area (TPSA) is 80.0 Å². The first-order chi connectivity index (χ1) is 9.65. The molecule has 1 saturated heterocycles. The molecule has 0 radical (unpaired) electrons. The standard InChI is InChI=1S/C14H24N4O2/c1-4-10(5-2)9(3)16-13(19)12-17-14(20-18-12)11-7-6-8-15-11/h9-11,15H,4-8H2,1-3H3,(H,16,19). The van der Waals surface area contributed by atoms with E-state index in [2.05, 4.69) is 34.6 Å². The lowest BCUT2D eigenvalue weighted by atomic mass is 9.95. The Balaban J connectivity index is 1.95. The molecule has 2 N–H and O–H groups in total. The number of hydrogen-bond donors (Lipinski definition) is 2. The van der Waals surface area contributed by atoms with Gasteiger partial charge in [-0.05, 0) is 32.2 Å². The fourth-order valence-corrected chi connectivity index (χ4v) is 2.75. The van der Waals surface area contributed by atoms with Gasteiger partial charge in [-0.1, -0.05) is 31.8 Å². The van der Waals surface area contributed by atoms with Crippen molar-refractivity contribution < 1.29 is 9.32 Å². The molecular weight excluding hydrogens is 256 g/mol. The molecule has 2 rings (SSSR count). The van der Waals surface area contributed by atoms with Crippen LogP contribution in [-0.4, -0.2) is 28.6 Å². The van der Waals surface area contributed by atoms with E-state index in [-0.39, 0.29) is 23.8 Å². The van der Waals surface area contributed by atoms with Crippen LogP contribution in [0.2, 0.25) is 0 Å². The molecule has 20 heavy (non-hydrogen) atoms. The van der Waals surface area contributed by atoms with E-state index < -0.39 is 0 Å². The molecule has 1 aromatic heterocycles. The third-order valence-corrected chi connectivity index (χ3v) is 4.12. The van der Waals surface area contributed by atoms with E-state index in [1.807, 2.05) is 6.92 Å². The number of rotatable bonds is 6. The summed E-state index contributed by atoms with van der Waals surface area (Å²) in [4.78, 5) is 16.3. The van der Waals surface area contributed by atoms with Gasteiger partial charge in [0.15, 0.2) is 0 Å². The maximum absolute atomic E-state index is 12.1. The zero-order valence-corrected chi connectivity index (χ0v) is 12.5. The van der Waals surface area contributed by atoms with Crippen molar-refractivity contribution >= 4 is 5.91 Å². The highest BCUT2D eigenvalue weighted by Gasteiger charge is 2.25.